The van der Waals surface area contributed by atoms with Gasteiger partial charge in [0.25, 0.3) is 5.91 Å². The highest BCUT2D eigenvalue weighted by Gasteiger charge is 2.53. The minimum absolute atomic E-state index is 0.0498. The van der Waals surface area contributed by atoms with Crippen molar-refractivity contribution in [3.05, 3.63) is 136 Å². The van der Waals surface area contributed by atoms with E-state index in [1.165, 1.54) is 0 Å². The van der Waals surface area contributed by atoms with Crippen LogP contribution in [-0.4, -0.2) is 49.8 Å². The fourth-order valence-corrected chi connectivity index (χ4v) is 5.25. The van der Waals surface area contributed by atoms with Crippen LogP contribution in [0.4, 0.5) is 11.4 Å². The Hall–Kier alpha value is -5.35. The lowest BCUT2D eigenvalue weighted by Gasteiger charge is -2.31. The number of carbonyl (C=O) groups is 1. The van der Waals surface area contributed by atoms with Crippen LogP contribution in [0.2, 0.25) is 0 Å². The molecule has 4 aromatic carbocycles. The van der Waals surface area contributed by atoms with E-state index in [1.54, 1.807) is 24.3 Å². The van der Waals surface area contributed by atoms with Crippen LogP contribution in [0.1, 0.15) is 34.8 Å². The van der Waals surface area contributed by atoms with E-state index in [0.29, 0.717) is 48.0 Å². The average Bonchev–Trinajstić information content (AvgIpc) is 3.47. The van der Waals surface area contributed by atoms with Crippen molar-refractivity contribution in [1.29, 1.82) is 0 Å². The molecule has 0 saturated carbocycles. The summed E-state index contributed by atoms with van der Waals surface area (Å²) < 4.78 is 12.3. The highest BCUT2D eigenvalue weighted by atomic mass is 16.5. The summed E-state index contributed by atoms with van der Waals surface area (Å²) in [6.07, 6.45) is -0.177. The molecule has 0 saturated heterocycles. The molecule has 46 heavy (non-hydrogen) atoms. The molecule has 0 aliphatic carbocycles. The number of azide groups is 1. The summed E-state index contributed by atoms with van der Waals surface area (Å²) in [6, 6.07) is 31.9. The van der Waals surface area contributed by atoms with Gasteiger partial charge in [-0.15, -0.1) is 0 Å². The second kappa shape index (κ2) is 15.1. The van der Waals surface area contributed by atoms with Crippen LogP contribution in [0.15, 0.2) is 113 Å². The predicted molar refractivity (Wildman–Crippen MR) is 178 cm³/mol. The number of rotatable bonds is 14. The first kappa shape index (κ1) is 32.1. The number of nitrogens with zero attached hydrogens (tertiary/aromatic N) is 5. The van der Waals surface area contributed by atoms with Crippen LogP contribution in [0.3, 0.4) is 0 Å². The number of anilines is 1. The molecule has 0 radical (unpaired) electrons. The van der Waals surface area contributed by atoms with Crippen molar-refractivity contribution in [1.82, 2.24) is 10.9 Å². The van der Waals surface area contributed by atoms with E-state index >= 15 is 0 Å². The van der Waals surface area contributed by atoms with Gasteiger partial charge in [-0.3, -0.25) is 10.2 Å². The van der Waals surface area contributed by atoms with Crippen molar-refractivity contribution in [3.63, 3.8) is 0 Å². The largest absolute Gasteiger partial charge is 0.494 e. The third kappa shape index (κ3) is 7.47. The maximum Gasteiger partial charge on any atom is 0.266 e. The molecule has 1 amide bonds. The molecule has 236 valence electrons. The summed E-state index contributed by atoms with van der Waals surface area (Å²) >= 11 is 0. The summed E-state index contributed by atoms with van der Waals surface area (Å²) in [5, 5.41) is 12.9. The minimum atomic E-state index is -1.48. The monoisotopic (exact) mass is 619 g/mol. The van der Waals surface area contributed by atoms with Crippen molar-refractivity contribution >= 4 is 23.2 Å². The molecule has 11 nitrogen and oxygen atoms in total. The van der Waals surface area contributed by atoms with Crippen LogP contribution in [0, 0.1) is 0 Å². The Morgan fingerprint density at radius 1 is 1.02 bits per heavy atom. The Labute approximate surface area is 268 Å². The standard InChI is InChI=1S/C35H37N7O4/c1-42(2)29-17-13-25(14-18-29)24-37-40-34(44)35(23-28-11-6-7-12-31(28)39-41-36)32(26-9-4-3-5-10-26)46-33(38-35)27-15-19-30(20-16-27)45-22-8-21-43/h3-7,9-20,32,37,43H,8,21-24H2,1-2H3,(H,40,44)/t32-,35-/m0/s1. The van der Waals surface area contributed by atoms with Gasteiger partial charge in [-0.1, -0.05) is 71.8 Å². The van der Waals surface area contributed by atoms with Crippen LogP contribution >= 0.6 is 0 Å². The number of amides is 1. The van der Waals surface area contributed by atoms with E-state index < -0.39 is 17.6 Å². The Morgan fingerprint density at radius 2 is 1.74 bits per heavy atom. The number of hydrogen-bond donors (Lipinski definition) is 3. The van der Waals surface area contributed by atoms with Crippen LogP contribution in [-0.2, 0) is 22.5 Å². The molecule has 4 aromatic rings. The van der Waals surface area contributed by atoms with Gasteiger partial charge in [0.05, 0.1) is 6.61 Å². The van der Waals surface area contributed by atoms with Gasteiger partial charge in [-0.2, -0.15) is 0 Å². The number of aliphatic hydroxyl groups excluding tert-OH is 1. The van der Waals surface area contributed by atoms with Gasteiger partial charge in [0.1, 0.15) is 5.75 Å². The maximum atomic E-state index is 14.4. The van der Waals surface area contributed by atoms with E-state index in [1.807, 2.05) is 97.9 Å². The SMILES string of the molecule is CN(C)c1ccc(CNNC(=O)[C@@]2(Cc3ccccc3N=[N+]=[N-])N=C(c3ccc(OCCCO)cc3)O[C@H]2c2ccccc2)cc1. The second-order valence-electron chi connectivity index (χ2n) is 11.1. The van der Waals surface area contributed by atoms with E-state index in [4.69, 9.17) is 19.6 Å². The number of aliphatic hydroxyl groups is 1. The zero-order valence-electron chi connectivity index (χ0n) is 25.8. The molecule has 1 aliphatic rings. The summed E-state index contributed by atoms with van der Waals surface area (Å²) in [7, 11) is 3.96. The van der Waals surface area contributed by atoms with Gasteiger partial charge in [0, 0.05) is 61.9 Å². The highest BCUT2D eigenvalue weighted by molar-refractivity contribution is 6.01. The third-order valence-electron chi connectivity index (χ3n) is 7.68. The van der Waals surface area contributed by atoms with Crippen molar-refractivity contribution in [2.45, 2.75) is 31.0 Å². The summed E-state index contributed by atoms with van der Waals surface area (Å²) in [5.41, 5.74) is 18.3. The topological polar surface area (TPSA) is 144 Å². The molecular formula is C35H37N7O4. The average molecular weight is 620 g/mol. The first-order valence-corrected chi connectivity index (χ1v) is 15.0. The van der Waals surface area contributed by atoms with Crippen LogP contribution < -0.4 is 20.5 Å². The van der Waals surface area contributed by atoms with E-state index in [9.17, 15) is 10.3 Å². The molecule has 11 heteroatoms. The van der Waals surface area contributed by atoms with Crippen LogP contribution in [0.5, 0.6) is 5.75 Å². The van der Waals surface area contributed by atoms with Crippen molar-refractivity contribution in [3.8, 4) is 5.75 Å². The van der Waals surface area contributed by atoms with Gasteiger partial charge in [-0.05, 0) is 58.6 Å². The smallest absolute Gasteiger partial charge is 0.266 e. The molecule has 3 N–H and O–H groups in total. The quantitative estimate of drug-likeness (QED) is 0.0537. The molecule has 0 aromatic heterocycles. The molecule has 2 atom stereocenters. The summed E-state index contributed by atoms with van der Waals surface area (Å²) in [4.78, 5) is 24.5. The van der Waals surface area contributed by atoms with Crippen molar-refractivity contribution in [2.24, 2.45) is 10.1 Å². The lowest BCUT2D eigenvalue weighted by Crippen LogP contribution is -2.53. The van der Waals surface area contributed by atoms with E-state index in [2.05, 4.69) is 20.9 Å². The second-order valence-corrected chi connectivity index (χ2v) is 11.1. The Bertz CT molecular complexity index is 1690. The van der Waals surface area contributed by atoms with Gasteiger partial charge in [-0.25, -0.2) is 10.4 Å². The first-order chi connectivity index (χ1) is 22.4. The molecule has 5 rings (SSSR count). The number of carbonyl (C=O) groups excluding carboxylic acids is 1. The molecular weight excluding hydrogens is 582 g/mol. The highest BCUT2D eigenvalue weighted by Crippen LogP contribution is 2.43. The maximum absolute atomic E-state index is 14.4. The van der Waals surface area contributed by atoms with Gasteiger partial charge < -0.3 is 19.5 Å². The number of aliphatic imine (C=N–C) groups is 1. The Balaban J connectivity index is 1.51. The molecule has 0 spiro atoms. The predicted octanol–water partition coefficient (Wildman–Crippen LogP) is 5.78. The number of hydrogen-bond acceptors (Lipinski definition) is 8. The lowest BCUT2D eigenvalue weighted by atomic mass is 9.81. The molecule has 0 fully saturated rings. The number of ether oxygens (including phenoxy) is 2. The van der Waals surface area contributed by atoms with Crippen molar-refractivity contribution in [2.75, 3.05) is 32.2 Å². The summed E-state index contributed by atoms with van der Waals surface area (Å²) in [5.74, 6) is 0.540. The lowest BCUT2D eigenvalue weighted by molar-refractivity contribution is -0.130. The molecule has 0 bridgehead atoms. The summed E-state index contributed by atoms with van der Waals surface area (Å²) in [6.45, 7) is 0.828. The van der Waals surface area contributed by atoms with Gasteiger partial charge in [0.2, 0.25) is 5.90 Å². The molecule has 1 aliphatic heterocycles. The number of hydrazine groups is 1. The zero-order valence-corrected chi connectivity index (χ0v) is 25.8. The Kier molecular flexibility index (Phi) is 10.5. The van der Waals surface area contributed by atoms with E-state index in [0.717, 1.165) is 16.8 Å². The fraction of sp³-hybridized carbons (Fsp3) is 0.257. The number of nitrogens with one attached hydrogen (secondary N) is 2. The Morgan fingerprint density at radius 3 is 2.43 bits per heavy atom. The zero-order chi connectivity index (χ0) is 32.4. The van der Waals surface area contributed by atoms with Gasteiger partial charge >= 0.3 is 0 Å². The van der Waals surface area contributed by atoms with Crippen molar-refractivity contribution < 1.29 is 19.4 Å². The van der Waals surface area contributed by atoms with Crippen LogP contribution in [0.25, 0.3) is 10.4 Å². The third-order valence-corrected chi connectivity index (χ3v) is 7.68. The first-order valence-electron chi connectivity index (χ1n) is 15.0. The minimum Gasteiger partial charge on any atom is -0.494 e. The number of benzene rings is 4. The van der Waals surface area contributed by atoms with Gasteiger partial charge in [0.15, 0.2) is 11.6 Å². The van der Waals surface area contributed by atoms with E-state index in [-0.39, 0.29) is 13.0 Å². The fourth-order valence-electron chi connectivity index (χ4n) is 5.25. The molecule has 1 heterocycles. The molecule has 0 unspecified atom stereocenters. The normalized spacial score (nSPS) is 16.9.